The predicted octanol–water partition coefficient (Wildman–Crippen LogP) is 5.94. The molecule has 0 aliphatic heterocycles. The van der Waals surface area contributed by atoms with E-state index in [-0.39, 0.29) is 22.0 Å². The van der Waals surface area contributed by atoms with Gasteiger partial charge < -0.3 is 5.32 Å². The van der Waals surface area contributed by atoms with Crippen LogP contribution >= 0.6 is 23.2 Å². The van der Waals surface area contributed by atoms with Crippen LogP contribution in [0.5, 0.6) is 0 Å². The first kappa shape index (κ1) is 22.9. The Morgan fingerprint density at radius 1 is 1.03 bits per heavy atom. The van der Waals surface area contributed by atoms with Crippen molar-refractivity contribution in [3.8, 4) is 0 Å². The summed E-state index contributed by atoms with van der Waals surface area (Å²) in [5, 5.41) is 3.40. The number of halogens is 2. The molecule has 3 aromatic carbocycles. The van der Waals surface area contributed by atoms with Gasteiger partial charge in [0.25, 0.3) is 15.9 Å². The second-order valence-electron chi connectivity index (χ2n) is 6.74. The lowest BCUT2D eigenvalue weighted by atomic mass is 10.2. The highest BCUT2D eigenvalue weighted by molar-refractivity contribution is 7.92. The first-order valence-electron chi connectivity index (χ1n) is 9.30. The largest absolute Gasteiger partial charge is 0.321 e. The monoisotopic (exact) mass is 474 g/mol. The average Bonchev–Trinajstić information content (AvgIpc) is 2.74. The zero-order chi connectivity index (χ0) is 22.6. The van der Waals surface area contributed by atoms with E-state index < -0.39 is 15.9 Å². The second kappa shape index (κ2) is 9.56. The van der Waals surface area contributed by atoms with Gasteiger partial charge in [0.05, 0.1) is 32.9 Å². The number of aryl methyl sites for hydroxylation is 1. The van der Waals surface area contributed by atoms with E-state index in [2.05, 4.69) is 11.9 Å². The molecular weight excluding hydrogens is 455 g/mol. The summed E-state index contributed by atoms with van der Waals surface area (Å²) in [4.78, 5) is 12.7. The summed E-state index contributed by atoms with van der Waals surface area (Å²) < 4.78 is 27.9. The highest BCUT2D eigenvalue weighted by atomic mass is 35.5. The molecule has 0 saturated carbocycles. The molecule has 3 aromatic rings. The molecule has 0 aliphatic carbocycles. The number of hydrogen-bond acceptors (Lipinski definition) is 3. The number of nitrogens with one attached hydrogen (secondary N) is 1. The van der Waals surface area contributed by atoms with Gasteiger partial charge in [-0.05, 0) is 55.0 Å². The minimum absolute atomic E-state index is 0.0153. The molecule has 0 saturated heterocycles. The van der Waals surface area contributed by atoms with Crippen molar-refractivity contribution in [3.05, 3.63) is 101 Å². The molecule has 3 rings (SSSR count). The number of amides is 1. The minimum Gasteiger partial charge on any atom is -0.321 e. The van der Waals surface area contributed by atoms with Crippen molar-refractivity contribution in [1.82, 2.24) is 0 Å². The fourth-order valence-corrected chi connectivity index (χ4v) is 5.01. The van der Waals surface area contributed by atoms with Crippen LogP contribution < -0.4 is 9.62 Å². The van der Waals surface area contributed by atoms with E-state index in [0.717, 1.165) is 9.87 Å². The number of para-hydroxylation sites is 1. The maximum atomic E-state index is 13.4. The van der Waals surface area contributed by atoms with Gasteiger partial charge in [-0.3, -0.25) is 9.10 Å². The van der Waals surface area contributed by atoms with Gasteiger partial charge in [-0.25, -0.2) is 8.42 Å². The molecule has 5 nitrogen and oxygen atoms in total. The first-order chi connectivity index (χ1) is 14.7. The Kier molecular flexibility index (Phi) is 7.05. The van der Waals surface area contributed by atoms with Crippen LogP contribution in [-0.2, 0) is 10.0 Å². The second-order valence-corrected chi connectivity index (χ2v) is 9.42. The van der Waals surface area contributed by atoms with Gasteiger partial charge in [0.2, 0.25) is 0 Å². The summed E-state index contributed by atoms with van der Waals surface area (Å²) in [6, 6.07) is 17.7. The summed E-state index contributed by atoms with van der Waals surface area (Å²) >= 11 is 12.4. The first-order valence-corrected chi connectivity index (χ1v) is 11.5. The lowest BCUT2D eigenvalue weighted by Crippen LogP contribution is -2.31. The Labute approximate surface area is 192 Å². The van der Waals surface area contributed by atoms with Crippen molar-refractivity contribution in [3.63, 3.8) is 0 Å². The van der Waals surface area contributed by atoms with Gasteiger partial charge in [-0.15, -0.1) is 6.58 Å². The van der Waals surface area contributed by atoms with Crippen LogP contribution in [0.25, 0.3) is 0 Å². The molecular formula is C23H20Cl2N2O3S. The number of nitrogens with zero attached hydrogens (tertiary/aromatic N) is 1. The molecule has 31 heavy (non-hydrogen) atoms. The van der Waals surface area contributed by atoms with Gasteiger partial charge in [0.1, 0.15) is 0 Å². The van der Waals surface area contributed by atoms with Gasteiger partial charge in [0.15, 0.2) is 0 Å². The molecule has 0 fully saturated rings. The number of rotatable bonds is 7. The quantitative estimate of drug-likeness (QED) is 0.431. The van der Waals surface area contributed by atoms with E-state index in [1.54, 1.807) is 36.4 Å². The Morgan fingerprint density at radius 3 is 2.45 bits per heavy atom. The number of benzene rings is 3. The highest BCUT2D eigenvalue weighted by Crippen LogP contribution is 2.31. The van der Waals surface area contributed by atoms with Gasteiger partial charge in [-0.2, -0.15) is 0 Å². The van der Waals surface area contributed by atoms with Crippen LogP contribution in [-0.4, -0.2) is 20.9 Å². The molecule has 1 amide bonds. The fraction of sp³-hybridized carbons (Fsp3) is 0.0870. The van der Waals surface area contributed by atoms with Crippen molar-refractivity contribution in [2.45, 2.75) is 11.8 Å². The van der Waals surface area contributed by atoms with Gasteiger partial charge in [0, 0.05) is 5.56 Å². The highest BCUT2D eigenvalue weighted by Gasteiger charge is 2.26. The van der Waals surface area contributed by atoms with Gasteiger partial charge >= 0.3 is 0 Å². The summed E-state index contributed by atoms with van der Waals surface area (Å²) in [5.41, 5.74) is 1.90. The maximum Gasteiger partial charge on any atom is 0.264 e. The molecule has 0 spiro atoms. The molecule has 0 unspecified atom stereocenters. The molecule has 160 valence electrons. The zero-order valence-electron chi connectivity index (χ0n) is 16.7. The Morgan fingerprint density at radius 2 is 1.77 bits per heavy atom. The molecule has 0 bridgehead atoms. The van der Waals surface area contributed by atoms with Crippen molar-refractivity contribution < 1.29 is 13.2 Å². The van der Waals surface area contributed by atoms with Crippen LogP contribution in [0, 0.1) is 6.92 Å². The van der Waals surface area contributed by atoms with Crippen molar-refractivity contribution >= 4 is 50.5 Å². The van der Waals surface area contributed by atoms with Gasteiger partial charge in [-0.1, -0.05) is 53.5 Å². The number of carbonyl (C=O) groups excluding carboxylic acids is 1. The molecule has 0 atom stereocenters. The number of anilines is 2. The maximum absolute atomic E-state index is 13.4. The zero-order valence-corrected chi connectivity index (χ0v) is 19.0. The van der Waals surface area contributed by atoms with Crippen molar-refractivity contribution in [2.75, 3.05) is 16.2 Å². The molecule has 1 N–H and O–H groups in total. The topological polar surface area (TPSA) is 66.5 Å². The third kappa shape index (κ3) is 5.10. The van der Waals surface area contributed by atoms with Crippen LogP contribution in [0.2, 0.25) is 10.0 Å². The lowest BCUT2D eigenvalue weighted by molar-refractivity contribution is 0.102. The van der Waals surface area contributed by atoms with E-state index >= 15 is 0 Å². The number of carbonyl (C=O) groups is 1. The average molecular weight is 475 g/mol. The van der Waals surface area contributed by atoms with E-state index in [9.17, 15) is 13.2 Å². The summed E-state index contributed by atoms with van der Waals surface area (Å²) in [6.45, 7) is 5.55. The van der Waals surface area contributed by atoms with E-state index in [4.69, 9.17) is 23.2 Å². The third-order valence-electron chi connectivity index (χ3n) is 4.47. The van der Waals surface area contributed by atoms with E-state index in [1.807, 2.05) is 13.0 Å². The molecule has 0 aromatic heterocycles. The third-order valence-corrected chi connectivity index (χ3v) is 6.88. The molecule has 0 heterocycles. The van der Waals surface area contributed by atoms with Crippen molar-refractivity contribution in [1.29, 1.82) is 0 Å². The Hall–Kier alpha value is -2.80. The fourth-order valence-electron chi connectivity index (χ4n) is 2.94. The van der Waals surface area contributed by atoms with Crippen LogP contribution in [0.1, 0.15) is 15.9 Å². The van der Waals surface area contributed by atoms with E-state index in [1.165, 1.54) is 30.3 Å². The summed E-state index contributed by atoms with van der Waals surface area (Å²) in [6.07, 6.45) is 1.47. The SMILES string of the molecule is C=CCN(c1ccccc1Cl)S(=O)(=O)c1cccc(C(=O)Nc2ccc(C)cc2Cl)c1. The van der Waals surface area contributed by atoms with Crippen molar-refractivity contribution in [2.24, 2.45) is 0 Å². The molecule has 0 radical (unpaired) electrons. The van der Waals surface area contributed by atoms with E-state index in [0.29, 0.717) is 16.4 Å². The number of sulfonamides is 1. The lowest BCUT2D eigenvalue weighted by Gasteiger charge is -2.24. The molecule has 8 heteroatoms. The standard InChI is InChI=1S/C23H20Cl2N2O3S/c1-3-13-27(22-10-5-4-9-19(22)24)31(29,30)18-8-6-7-17(15-18)23(28)26-21-12-11-16(2)14-20(21)25/h3-12,14-15H,1,13H2,2H3,(H,26,28). The number of hydrogen-bond donors (Lipinski definition) is 1. The molecule has 0 aliphatic rings. The van der Waals surface area contributed by atoms with Crippen LogP contribution in [0.3, 0.4) is 0 Å². The normalized spacial score (nSPS) is 11.1. The smallest absolute Gasteiger partial charge is 0.264 e. The Bertz CT molecular complexity index is 1240. The van der Waals surface area contributed by atoms with Crippen LogP contribution in [0.4, 0.5) is 11.4 Å². The summed E-state index contributed by atoms with van der Waals surface area (Å²) in [5.74, 6) is -0.476. The van der Waals surface area contributed by atoms with Crippen LogP contribution in [0.15, 0.2) is 84.3 Å². The summed E-state index contributed by atoms with van der Waals surface area (Å²) in [7, 11) is -4.01. The minimum atomic E-state index is -4.01. The predicted molar refractivity (Wildman–Crippen MR) is 127 cm³/mol. The Balaban J connectivity index is 1.96.